The molecule has 23 heavy (non-hydrogen) atoms. The molecule has 0 aliphatic heterocycles. The summed E-state index contributed by atoms with van der Waals surface area (Å²) in [4.78, 5) is 21.1. The van der Waals surface area contributed by atoms with Gasteiger partial charge in [-0.15, -0.1) is 0 Å². The summed E-state index contributed by atoms with van der Waals surface area (Å²) in [7, 11) is 0. The second-order valence-electron chi connectivity index (χ2n) is 6.08. The molecule has 120 valence electrons. The highest BCUT2D eigenvalue weighted by Gasteiger charge is 2.19. The predicted octanol–water partition coefficient (Wildman–Crippen LogP) is 3.51. The smallest absolute Gasteiger partial charge is 0.270 e. The van der Waals surface area contributed by atoms with Crippen molar-refractivity contribution in [1.82, 2.24) is 15.3 Å². The van der Waals surface area contributed by atoms with Crippen LogP contribution in [-0.2, 0) is 0 Å². The summed E-state index contributed by atoms with van der Waals surface area (Å²) in [5.74, 6) is 1.11. The molecule has 5 heteroatoms. The summed E-state index contributed by atoms with van der Waals surface area (Å²) < 4.78 is 0. The van der Waals surface area contributed by atoms with E-state index in [1.54, 1.807) is 13.0 Å². The van der Waals surface area contributed by atoms with Crippen molar-refractivity contribution in [3.05, 3.63) is 47.4 Å². The lowest BCUT2D eigenvalue weighted by atomic mass is 10.2. The highest BCUT2D eigenvalue weighted by atomic mass is 16.1. The summed E-state index contributed by atoms with van der Waals surface area (Å²) in [5.41, 5.74) is 2.52. The third kappa shape index (κ3) is 3.86. The molecule has 0 spiro atoms. The van der Waals surface area contributed by atoms with E-state index in [1.807, 2.05) is 31.2 Å². The fourth-order valence-corrected chi connectivity index (χ4v) is 2.93. The molecule has 1 aromatic heterocycles. The third-order valence-electron chi connectivity index (χ3n) is 4.17. The molecule has 1 aromatic carbocycles. The van der Waals surface area contributed by atoms with Gasteiger partial charge in [0.1, 0.15) is 17.3 Å². The van der Waals surface area contributed by atoms with Gasteiger partial charge in [-0.1, -0.05) is 31.0 Å². The Morgan fingerprint density at radius 3 is 2.61 bits per heavy atom. The van der Waals surface area contributed by atoms with Crippen molar-refractivity contribution in [2.45, 2.75) is 45.6 Å². The number of aromatic nitrogens is 2. The second-order valence-corrected chi connectivity index (χ2v) is 6.08. The first-order valence-corrected chi connectivity index (χ1v) is 8.11. The molecule has 3 rings (SSSR count). The van der Waals surface area contributed by atoms with E-state index in [0.717, 1.165) is 24.1 Å². The Bertz CT molecular complexity index is 708. The van der Waals surface area contributed by atoms with Crippen LogP contribution in [0, 0.1) is 13.8 Å². The third-order valence-corrected chi connectivity index (χ3v) is 4.17. The molecular formula is C18H22N4O. The molecule has 1 amide bonds. The van der Waals surface area contributed by atoms with E-state index in [-0.39, 0.29) is 11.9 Å². The van der Waals surface area contributed by atoms with E-state index in [0.29, 0.717) is 17.3 Å². The van der Waals surface area contributed by atoms with Crippen LogP contribution in [0.4, 0.5) is 11.5 Å². The topological polar surface area (TPSA) is 66.9 Å². The highest BCUT2D eigenvalue weighted by molar-refractivity contribution is 5.93. The van der Waals surface area contributed by atoms with Crippen molar-refractivity contribution in [2.75, 3.05) is 5.32 Å². The van der Waals surface area contributed by atoms with Crippen molar-refractivity contribution < 1.29 is 4.79 Å². The van der Waals surface area contributed by atoms with Gasteiger partial charge in [0.25, 0.3) is 5.91 Å². The molecule has 0 unspecified atom stereocenters. The minimum absolute atomic E-state index is 0.116. The van der Waals surface area contributed by atoms with Gasteiger partial charge in [-0.25, -0.2) is 9.97 Å². The lowest BCUT2D eigenvalue weighted by Crippen LogP contribution is -2.33. The average Bonchev–Trinajstić information content (AvgIpc) is 3.02. The first-order valence-electron chi connectivity index (χ1n) is 8.11. The maximum Gasteiger partial charge on any atom is 0.270 e. The SMILES string of the molecule is Cc1nc(Nc2ccccc2C)cc(C(=O)NC2CCCC2)n1. The first kappa shape index (κ1) is 15.5. The van der Waals surface area contributed by atoms with Gasteiger partial charge in [0.2, 0.25) is 0 Å². The maximum atomic E-state index is 12.4. The van der Waals surface area contributed by atoms with Crippen molar-refractivity contribution in [1.29, 1.82) is 0 Å². The molecule has 0 radical (unpaired) electrons. The summed E-state index contributed by atoms with van der Waals surface area (Å²) in [6.07, 6.45) is 4.50. The van der Waals surface area contributed by atoms with E-state index in [9.17, 15) is 4.79 Å². The van der Waals surface area contributed by atoms with Crippen LogP contribution in [-0.4, -0.2) is 21.9 Å². The van der Waals surface area contributed by atoms with Crippen molar-refractivity contribution in [2.24, 2.45) is 0 Å². The summed E-state index contributed by atoms with van der Waals surface area (Å²) in [6.45, 7) is 3.83. The molecule has 5 nitrogen and oxygen atoms in total. The molecule has 0 saturated heterocycles. The van der Waals surface area contributed by atoms with Crippen LogP contribution in [0.5, 0.6) is 0 Å². The fourth-order valence-electron chi connectivity index (χ4n) is 2.93. The zero-order chi connectivity index (χ0) is 16.2. The van der Waals surface area contributed by atoms with Gasteiger partial charge >= 0.3 is 0 Å². The monoisotopic (exact) mass is 310 g/mol. The quantitative estimate of drug-likeness (QED) is 0.907. The molecule has 0 bridgehead atoms. The zero-order valence-electron chi connectivity index (χ0n) is 13.6. The van der Waals surface area contributed by atoms with Crippen LogP contribution >= 0.6 is 0 Å². The van der Waals surface area contributed by atoms with Gasteiger partial charge in [0.05, 0.1) is 0 Å². The molecule has 0 atom stereocenters. The number of para-hydroxylation sites is 1. The number of rotatable bonds is 4. The Morgan fingerprint density at radius 2 is 1.87 bits per heavy atom. The van der Waals surface area contributed by atoms with Gasteiger partial charge in [0.15, 0.2) is 0 Å². The number of benzene rings is 1. The van der Waals surface area contributed by atoms with Crippen molar-refractivity contribution >= 4 is 17.4 Å². The first-order chi connectivity index (χ1) is 11.1. The van der Waals surface area contributed by atoms with E-state index < -0.39 is 0 Å². The van der Waals surface area contributed by atoms with E-state index in [1.165, 1.54) is 12.8 Å². The van der Waals surface area contributed by atoms with Gasteiger partial charge in [-0.2, -0.15) is 0 Å². The van der Waals surface area contributed by atoms with Crippen LogP contribution < -0.4 is 10.6 Å². The lowest BCUT2D eigenvalue weighted by Gasteiger charge is -2.13. The zero-order valence-corrected chi connectivity index (χ0v) is 13.6. The second kappa shape index (κ2) is 6.77. The lowest BCUT2D eigenvalue weighted by molar-refractivity contribution is 0.0932. The van der Waals surface area contributed by atoms with E-state index >= 15 is 0 Å². The number of amides is 1. The van der Waals surface area contributed by atoms with Gasteiger partial charge in [0, 0.05) is 17.8 Å². The summed E-state index contributed by atoms with van der Waals surface area (Å²) in [6, 6.07) is 9.98. The number of carbonyl (C=O) groups is 1. The molecule has 1 heterocycles. The van der Waals surface area contributed by atoms with Gasteiger partial charge in [-0.3, -0.25) is 4.79 Å². The number of aryl methyl sites for hydroxylation is 2. The molecule has 1 saturated carbocycles. The van der Waals surface area contributed by atoms with Gasteiger partial charge in [-0.05, 0) is 38.3 Å². The summed E-state index contributed by atoms with van der Waals surface area (Å²) >= 11 is 0. The predicted molar refractivity (Wildman–Crippen MR) is 91.0 cm³/mol. The van der Waals surface area contributed by atoms with Crippen LogP contribution in [0.25, 0.3) is 0 Å². The Hall–Kier alpha value is -2.43. The van der Waals surface area contributed by atoms with E-state index in [4.69, 9.17) is 0 Å². The molecule has 1 aliphatic carbocycles. The number of anilines is 2. The van der Waals surface area contributed by atoms with Crippen LogP contribution in [0.2, 0.25) is 0 Å². The molecule has 2 aromatic rings. The largest absolute Gasteiger partial charge is 0.348 e. The van der Waals surface area contributed by atoms with Crippen molar-refractivity contribution in [3.8, 4) is 0 Å². The van der Waals surface area contributed by atoms with Crippen LogP contribution in [0.15, 0.2) is 30.3 Å². The van der Waals surface area contributed by atoms with Gasteiger partial charge < -0.3 is 10.6 Å². The van der Waals surface area contributed by atoms with Crippen LogP contribution in [0.1, 0.15) is 47.6 Å². The molecule has 2 N–H and O–H groups in total. The minimum atomic E-state index is -0.116. The molecule has 1 aliphatic rings. The minimum Gasteiger partial charge on any atom is -0.348 e. The van der Waals surface area contributed by atoms with E-state index in [2.05, 4.69) is 20.6 Å². The highest BCUT2D eigenvalue weighted by Crippen LogP contribution is 2.20. The average molecular weight is 310 g/mol. The van der Waals surface area contributed by atoms with Crippen LogP contribution in [0.3, 0.4) is 0 Å². The normalized spacial score (nSPS) is 14.7. The molecule has 1 fully saturated rings. The number of nitrogens with zero attached hydrogens (tertiary/aromatic N) is 2. The summed E-state index contributed by atoms with van der Waals surface area (Å²) in [5, 5.41) is 6.34. The Labute approximate surface area is 136 Å². The Balaban J connectivity index is 1.78. The number of hydrogen-bond donors (Lipinski definition) is 2. The number of carbonyl (C=O) groups excluding carboxylic acids is 1. The molecular weight excluding hydrogens is 288 g/mol. The standard InChI is InChI=1S/C18H22N4O/c1-12-7-3-6-10-15(12)22-17-11-16(19-13(2)20-17)18(23)21-14-8-4-5-9-14/h3,6-7,10-11,14H,4-5,8-9H2,1-2H3,(H,21,23)(H,19,20,22). The number of hydrogen-bond acceptors (Lipinski definition) is 4. The number of nitrogens with one attached hydrogen (secondary N) is 2. The Kier molecular flexibility index (Phi) is 4.55. The Morgan fingerprint density at radius 1 is 1.13 bits per heavy atom. The maximum absolute atomic E-state index is 12.4. The van der Waals surface area contributed by atoms with Crippen molar-refractivity contribution in [3.63, 3.8) is 0 Å². The fraction of sp³-hybridized carbons (Fsp3) is 0.389.